The second-order valence-corrected chi connectivity index (χ2v) is 13.1. The molecule has 0 unspecified atom stereocenters. The van der Waals surface area contributed by atoms with E-state index >= 15 is 0 Å². The normalized spacial score (nSPS) is 13.7. The average molecular weight is 698 g/mol. The average Bonchev–Trinajstić information content (AvgIpc) is 3.51. The fraction of sp³-hybridized carbons (Fsp3) is 0.0638. The van der Waals surface area contributed by atoms with Gasteiger partial charge >= 0.3 is 6.18 Å². The number of hydrogen-bond donors (Lipinski definition) is 1. The highest BCUT2D eigenvalue weighted by atomic mass is 19.4. The first kappa shape index (κ1) is 33.6. The first-order chi connectivity index (χ1) is 25.8. The van der Waals surface area contributed by atoms with Gasteiger partial charge in [0, 0.05) is 11.1 Å². The summed E-state index contributed by atoms with van der Waals surface area (Å²) in [7, 11) is 0. The van der Waals surface area contributed by atoms with Crippen LogP contribution in [-0.2, 0) is 18.1 Å². The molecule has 3 nitrogen and oxygen atoms in total. The van der Waals surface area contributed by atoms with Crippen molar-refractivity contribution < 1.29 is 13.2 Å². The van der Waals surface area contributed by atoms with Gasteiger partial charge in [0.2, 0.25) is 0 Å². The van der Waals surface area contributed by atoms with Gasteiger partial charge in [-0.1, -0.05) is 170 Å². The zero-order valence-electron chi connectivity index (χ0n) is 28.6. The summed E-state index contributed by atoms with van der Waals surface area (Å²) in [5, 5.41) is 0. The Morgan fingerprint density at radius 2 is 0.981 bits per heavy atom. The maximum Gasteiger partial charge on any atom is 0.416 e. The van der Waals surface area contributed by atoms with Gasteiger partial charge in [-0.2, -0.15) is 13.2 Å². The lowest BCUT2D eigenvalue weighted by atomic mass is 9.67. The van der Waals surface area contributed by atoms with E-state index in [9.17, 15) is 13.2 Å². The molecule has 2 N–H and O–H groups in total. The van der Waals surface area contributed by atoms with Gasteiger partial charge in [-0.05, 0) is 62.2 Å². The van der Waals surface area contributed by atoms with Crippen LogP contribution < -0.4 is 5.73 Å². The van der Waals surface area contributed by atoms with Gasteiger partial charge in [-0.3, -0.25) is 4.99 Å². The van der Waals surface area contributed by atoms with Crippen LogP contribution in [0.5, 0.6) is 0 Å². The Bertz CT molecular complexity index is 2390. The molecular weight excluding hydrogens is 664 g/mol. The van der Waals surface area contributed by atoms with E-state index in [4.69, 9.17) is 15.7 Å². The monoisotopic (exact) mass is 697 g/mol. The van der Waals surface area contributed by atoms with Crippen LogP contribution in [0.3, 0.4) is 0 Å². The zero-order chi connectivity index (χ0) is 36.4. The summed E-state index contributed by atoms with van der Waals surface area (Å²) in [5.74, 6) is 0.911. The SMILES string of the molecule is NC(=NC(=NCc1ccccc1)c1ccccc1)c1ccc(C2(c3ccc(-c4ccc(C(F)(F)F)cc4)cc3)c3ccccc3-c3ccccc32)cc1. The standard InChI is InChI=1S/C47H34F3N3/c48-47(49,50)39-29-21-34(22-30-39)33-19-25-37(26-20-33)46(42-17-9-7-15-40(42)41-16-8-10-18-43(41)46)38-27-23-35(24-28-38)44(51)53-45(36-13-5-2-6-14-36)52-31-32-11-3-1-4-12-32/h1-30H,31H2,(H2,51,52,53). The van der Waals surface area contributed by atoms with Gasteiger partial charge in [0.25, 0.3) is 0 Å². The minimum atomic E-state index is -4.38. The first-order valence-electron chi connectivity index (χ1n) is 17.4. The Kier molecular flexibility index (Phi) is 8.80. The molecule has 6 heteroatoms. The third-order valence-electron chi connectivity index (χ3n) is 9.94. The van der Waals surface area contributed by atoms with Crippen molar-refractivity contribution in [3.05, 3.63) is 226 Å². The van der Waals surface area contributed by atoms with Crippen molar-refractivity contribution in [2.75, 3.05) is 0 Å². The molecule has 0 saturated carbocycles. The molecule has 7 aromatic rings. The Labute approximate surface area is 306 Å². The molecule has 8 rings (SSSR count). The molecule has 0 atom stereocenters. The molecular formula is C47H34F3N3. The number of fused-ring (bicyclic) bond motifs is 3. The van der Waals surface area contributed by atoms with E-state index in [0.29, 0.717) is 23.8 Å². The van der Waals surface area contributed by atoms with Gasteiger partial charge in [-0.25, -0.2) is 4.99 Å². The van der Waals surface area contributed by atoms with Gasteiger partial charge in [0.1, 0.15) is 5.84 Å². The minimum absolute atomic E-state index is 0.356. The van der Waals surface area contributed by atoms with Crippen LogP contribution in [0.2, 0.25) is 0 Å². The van der Waals surface area contributed by atoms with E-state index in [1.54, 1.807) is 0 Å². The van der Waals surface area contributed by atoms with Gasteiger partial charge in [0.05, 0.1) is 17.5 Å². The summed E-state index contributed by atoms with van der Waals surface area (Å²) >= 11 is 0. The number of aliphatic imine (C=N–C) groups is 2. The van der Waals surface area contributed by atoms with Crippen LogP contribution in [0.1, 0.15) is 44.5 Å². The molecule has 0 heterocycles. The van der Waals surface area contributed by atoms with E-state index < -0.39 is 17.2 Å². The number of nitrogens with two attached hydrogens (primary N) is 1. The van der Waals surface area contributed by atoms with E-state index in [2.05, 4.69) is 72.8 Å². The molecule has 0 bridgehead atoms. The molecule has 0 fully saturated rings. The molecule has 1 aliphatic carbocycles. The summed E-state index contributed by atoms with van der Waals surface area (Å²) in [6, 6.07) is 58.5. The maximum absolute atomic E-state index is 13.3. The van der Waals surface area contributed by atoms with Crippen LogP contribution in [-0.4, -0.2) is 11.7 Å². The number of rotatable bonds is 7. The Morgan fingerprint density at radius 1 is 0.509 bits per heavy atom. The summed E-state index contributed by atoms with van der Waals surface area (Å²) in [4.78, 5) is 9.70. The lowest BCUT2D eigenvalue weighted by Crippen LogP contribution is -2.28. The first-order valence-corrected chi connectivity index (χ1v) is 17.4. The number of hydrogen-bond acceptors (Lipinski definition) is 1. The van der Waals surface area contributed by atoms with E-state index in [1.165, 1.54) is 12.1 Å². The van der Waals surface area contributed by atoms with Crippen LogP contribution in [0, 0.1) is 0 Å². The third kappa shape index (κ3) is 6.33. The molecule has 0 spiro atoms. The summed E-state index contributed by atoms with van der Waals surface area (Å²) < 4.78 is 39.8. The molecule has 0 aromatic heterocycles. The van der Waals surface area contributed by atoms with Crippen LogP contribution >= 0.6 is 0 Å². The number of halogens is 3. The fourth-order valence-corrected chi connectivity index (χ4v) is 7.39. The molecule has 0 amide bonds. The number of alkyl halides is 3. The quantitative estimate of drug-likeness (QED) is 0.131. The molecule has 0 aliphatic heterocycles. The van der Waals surface area contributed by atoms with Crippen molar-refractivity contribution in [2.45, 2.75) is 18.1 Å². The van der Waals surface area contributed by atoms with E-state index in [0.717, 1.165) is 67.8 Å². The van der Waals surface area contributed by atoms with Crippen molar-refractivity contribution >= 4 is 11.7 Å². The van der Waals surface area contributed by atoms with Crippen molar-refractivity contribution in [3.63, 3.8) is 0 Å². The molecule has 7 aromatic carbocycles. The summed E-state index contributed by atoms with van der Waals surface area (Å²) in [6.07, 6.45) is -4.38. The van der Waals surface area contributed by atoms with Crippen molar-refractivity contribution in [1.82, 2.24) is 0 Å². The van der Waals surface area contributed by atoms with Crippen LogP contribution in [0.15, 0.2) is 192 Å². The predicted octanol–water partition coefficient (Wildman–Crippen LogP) is 11.1. The molecule has 53 heavy (non-hydrogen) atoms. The zero-order valence-corrected chi connectivity index (χ0v) is 28.6. The highest BCUT2D eigenvalue weighted by Crippen LogP contribution is 2.56. The van der Waals surface area contributed by atoms with Gasteiger partial charge < -0.3 is 5.73 Å². The maximum atomic E-state index is 13.3. The third-order valence-corrected chi connectivity index (χ3v) is 9.94. The molecule has 0 saturated heterocycles. The smallest absolute Gasteiger partial charge is 0.383 e. The number of amidine groups is 2. The molecule has 1 aliphatic rings. The van der Waals surface area contributed by atoms with Crippen molar-refractivity contribution in [3.8, 4) is 22.3 Å². The second kappa shape index (κ2) is 13.9. The largest absolute Gasteiger partial charge is 0.416 e. The van der Waals surface area contributed by atoms with E-state index in [-0.39, 0.29) is 0 Å². The van der Waals surface area contributed by atoms with Crippen molar-refractivity contribution in [1.29, 1.82) is 0 Å². The fourth-order valence-electron chi connectivity index (χ4n) is 7.39. The number of benzene rings is 7. The Morgan fingerprint density at radius 3 is 1.53 bits per heavy atom. The Hall–Kier alpha value is -6.53. The summed E-state index contributed by atoms with van der Waals surface area (Å²) in [5.41, 5.74) is 16.4. The van der Waals surface area contributed by atoms with Crippen molar-refractivity contribution in [2.24, 2.45) is 15.7 Å². The van der Waals surface area contributed by atoms with Crippen LogP contribution in [0.25, 0.3) is 22.3 Å². The highest BCUT2D eigenvalue weighted by Gasteiger charge is 2.45. The summed E-state index contributed by atoms with van der Waals surface area (Å²) in [6.45, 7) is 0.472. The van der Waals surface area contributed by atoms with E-state index in [1.807, 2.05) is 84.9 Å². The topological polar surface area (TPSA) is 50.7 Å². The second-order valence-electron chi connectivity index (χ2n) is 13.1. The lowest BCUT2D eigenvalue weighted by molar-refractivity contribution is -0.137. The minimum Gasteiger partial charge on any atom is -0.383 e. The van der Waals surface area contributed by atoms with Gasteiger partial charge in [-0.15, -0.1) is 0 Å². The molecule has 258 valence electrons. The lowest BCUT2D eigenvalue weighted by Gasteiger charge is -2.34. The Balaban J connectivity index is 1.21. The van der Waals surface area contributed by atoms with Gasteiger partial charge in [0.15, 0.2) is 5.84 Å². The predicted molar refractivity (Wildman–Crippen MR) is 208 cm³/mol. The molecule has 0 radical (unpaired) electrons. The number of nitrogens with zero attached hydrogens (tertiary/aromatic N) is 2. The van der Waals surface area contributed by atoms with Crippen LogP contribution in [0.4, 0.5) is 13.2 Å². The highest BCUT2D eigenvalue weighted by molar-refractivity contribution is 6.11.